The standard InChI is InChI=1S/C22H17N3O3S/c1-14-7-9-16(10-8-14)23-21(27)25-22-24-18-12-11-17(13-19(18)29-22)28-20(26)15-5-3-2-4-6-15/h2-13H,1H3,(H2,23,24,25,27). The van der Waals surface area contributed by atoms with Crippen LogP contribution in [0.25, 0.3) is 10.2 Å². The first-order valence-corrected chi connectivity index (χ1v) is 9.71. The number of rotatable bonds is 4. The van der Waals surface area contributed by atoms with Crippen molar-refractivity contribution in [1.29, 1.82) is 0 Å². The van der Waals surface area contributed by atoms with Crippen molar-refractivity contribution in [2.24, 2.45) is 0 Å². The lowest BCUT2D eigenvalue weighted by Crippen LogP contribution is -2.19. The number of ether oxygens (including phenoxy) is 1. The molecule has 0 bridgehead atoms. The summed E-state index contributed by atoms with van der Waals surface area (Å²) in [5.74, 6) is -0.00375. The van der Waals surface area contributed by atoms with Gasteiger partial charge in [-0.1, -0.05) is 47.2 Å². The van der Waals surface area contributed by atoms with Gasteiger partial charge in [0.25, 0.3) is 0 Å². The molecule has 3 aromatic carbocycles. The summed E-state index contributed by atoms with van der Waals surface area (Å²) in [7, 11) is 0. The summed E-state index contributed by atoms with van der Waals surface area (Å²) in [5, 5.41) is 5.95. The van der Waals surface area contributed by atoms with Crippen molar-refractivity contribution in [3.63, 3.8) is 0 Å². The molecule has 0 aliphatic carbocycles. The van der Waals surface area contributed by atoms with Crippen LogP contribution in [-0.4, -0.2) is 17.0 Å². The Labute approximate surface area is 171 Å². The molecular weight excluding hydrogens is 386 g/mol. The van der Waals surface area contributed by atoms with Gasteiger partial charge in [-0.2, -0.15) is 0 Å². The highest BCUT2D eigenvalue weighted by Gasteiger charge is 2.11. The number of hydrogen-bond donors (Lipinski definition) is 2. The third-order valence-corrected chi connectivity index (χ3v) is 5.04. The number of nitrogens with zero attached hydrogens (tertiary/aromatic N) is 1. The van der Waals surface area contributed by atoms with E-state index in [0.29, 0.717) is 27.6 Å². The number of fused-ring (bicyclic) bond motifs is 1. The summed E-state index contributed by atoms with van der Waals surface area (Å²) in [6, 6.07) is 21.1. The van der Waals surface area contributed by atoms with E-state index in [4.69, 9.17) is 4.74 Å². The third kappa shape index (κ3) is 4.59. The molecule has 0 aliphatic heterocycles. The Bertz CT molecular complexity index is 1170. The van der Waals surface area contributed by atoms with Crippen LogP contribution >= 0.6 is 11.3 Å². The van der Waals surface area contributed by atoms with Gasteiger partial charge in [0.05, 0.1) is 15.8 Å². The Morgan fingerprint density at radius 1 is 0.931 bits per heavy atom. The van der Waals surface area contributed by atoms with Crippen molar-refractivity contribution in [3.05, 3.63) is 83.9 Å². The average molecular weight is 403 g/mol. The zero-order valence-electron chi connectivity index (χ0n) is 15.5. The molecule has 0 fully saturated rings. The van der Waals surface area contributed by atoms with Crippen LogP contribution in [0.3, 0.4) is 0 Å². The fourth-order valence-corrected chi connectivity index (χ4v) is 3.55. The molecule has 1 heterocycles. The maximum absolute atomic E-state index is 12.2. The van der Waals surface area contributed by atoms with Crippen LogP contribution in [0.1, 0.15) is 15.9 Å². The Balaban J connectivity index is 1.44. The summed E-state index contributed by atoms with van der Waals surface area (Å²) < 4.78 is 6.23. The Hall–Kier alpha value is -3.71. The van der Waals surface area contributed by atoms with Gasteiger partial charge in [-0.15, -0.1) is 0 Å². The molecule has 6 nitrogen and oxygen atoms in total. The van der Waals surface area contributed by atoms with Crippen molar-refractivity contribution in [1.82, 2.24) is 4.98 Å². The van der Waals surface area contributed by atoms with E-state index in [2.05, 4.69) is 15.6 Å². The molecule has 0 unspecified atom stereocenters. The zero-order chi connectivity index (χ0) is 20.2. The predicted octanol–water partition coefficient (Wildman–Crippen LogP) is 5.47. The minimum atomic E-state index is -0.426. The number of benzene rings is 3. The molecular formula is C22H17N3O3S. The molecule has 7 heteroatoms. The SMILES string of the molecule is Cc1ccc(NC(=O)Nc2nc3ccc(OC(=O)c4ccccc4)cc3s2)cc1. The second kappa shape index (κ2) is 8.12. The number of hydrogen-bond acceptors (Lipinski definition) is 5. The molecule has 0 atom stereocenters. The van der Waals surface area contributed by atoms with E-state index < -0.39 is 5.97 Å². The van der Waals surface area contributed by atoms with Gasteiger partial charge in [0.1, 0.15) is 5.75 Å². The van der Waals surface area contributed by atoms with Crippen molar-refractivity contribution < 1.29 is 14.3 Å². The van der Waals surface area contributed by atoms with Gasteiger partial charge in [-0.25, -0.2) is 14.6 Å². The summed E-state index contributed by atoms with van der Waals surface area (Å²) in [6.45, 7) is 1.98. The molecule has 144 valence electrons. The number of esters is 1. The van der Waals surface area contributed by atoms with E-state index in [9.17, 15) is 9.59 Å². The number of aryl methyl sites for hydroxylation is 1. The molecule has 1 aromatic heterocycles. The number of carbonyl (C=O) groups excluding carboxylic acids is 2. The van der Waals surface area contributed by atoms with Crippen LogP contribution in [0, 0.1) is 6.92 Å². The summed E-state index contributed by atoms with van der Waals surface area (Å²) in [5.41, 5.74) is 3.00. The fourth-order valence-electron chi connectivity index (χ4n) is 2.66. The highest BCUT2D eigenvalue weighted by atomic mass is 32.1. The topological polar surface area (TPSA) is 80.3 Å². The molecule has 0 aliphatic rings. The predicted molar refractivity (Wildman–Crippen MR) is 115 cm³/mol. The normalized spacial score (nSPS) is 10.5. The number of nitrogens with one attached hydrogen (secondary N) is 2. The molecule has 2 N–H and O–H groups in total. The van der Waals surface area contributed by atoms with Gasteiger partial charge in [0.15, 0.2) is 5.13 Å². The maximum atomic E-state index is 12.2. The summed E-state index contributed by atoms with van der Waals surface area (Å²) in [6.07, 6.45) is 0. The van der Waals surface area contributed by atoms with Crippen molar-refractivity contribution in [2.75, 3.05) is 10.6 Å². The third-order valence-electron chi connectivity index (χ3n) is 4.11. The molecule has 2 amide bonds. The number of carbonyl (C=O) groups is 2. The lowest BCUT2D eigenvalue weighted by atomic mass is 10.2. The molecule has 29 heavy (non-hydrogen) atoms. The highest BCUT2D eigenvalue weighted by molar-refractivity contribution is 7.22. The zero-order valence-corrected chi connectivity index (χ0v) is 16.3. The molecule has 0 spiro atoms. The van der Waals surface area contributed by atoms with Gasteiger partial charge in [0, 0.05) is 11.8 Å². The smallest absolute Gasteiger partial charge is 0.343 e. The monoisotopic (exact) mass is 403 g/mol. The number of amides is 2. The van der Waals surface area contributed by atoms with E-state index in [-0.39, 0.29) is 6.03 Å². The van der Waals surface area contributed by atoms with E-state index in [1.807, 2.05) is 37.3 Å². The number of aromatic nitrogens is 1. The van der Waals surface area contributed by atoms with Gasteiger partial charge >= 0.3 is 12.0 Å². The van der Waals surface area contributed by atoms with Crippen LogP contribution in [0.15, 0.2) is 72.8 Å². The van der Waals surface area contributed by atoms with Crippen LogP contribution in [0.5, 0.6) is 5.75 Å². The van der Waals surface area contributed by atoms with Crippen LogP contribution in [0.2, 0.25) is 0 Å². The summed E-state index contributed by atoms with van der Waals surface area (Å²) >= 11 is 1.30. The minimum absolute atomic E-state index is 0.372. The van der Waals surface area contributed by atoms with E-state index in [1.165, 1.54) is 11.3 Å². The van der Waals surface area contributed by atoms with Gasteiger partial charge in [-0.05, 0) is 43.3 Å². The van der Waals surface area contributed by atoms with E-state index in [0.717, 1.165) is 10.3 Å². The molecule has 0 radical (unpaired) electrons. The number of urea groups is 1. The Morgan fingerprint density at radius 2 is 1.69 bits per heavy atom. The van der Waals surface area contributed by atoms with Crippen molar-refractivity contribution in [2.45, 2.75) is 6.92 Å². The lowest BCUT2D eigenvalue weighted by molar-refractivity contribution is 0.0735. The minimum Gasteiger partial charge on any atom is -0.423 e. The number of thiazole rings is 1. The molecule has 4 rings (SSSR count). The Morgan fingerprint density at radius 3 is 2.45 bits per heavy atom. The van der Waals surface area contributed by atoms with Crippen molar-refractivity contribution >= 4 is 44.4 Å². The summed E-state index contributed by atoms with van der Waals surface area (Å²) in [4.78, 5) is 28.8. The van der Waals surface area contributed by atoms with Crippen LogP contribution in [0.4, 0.5) is 15.6 Å². The first-order chi connectivity index (χ1) is 14.1. The van der Waals surface area contributed by atoms with E-state index in [1.54, 1.807) is 42.5 Å². The highest BCUT2D eigenvalue weighted by Crippen LogP contribution is 2.29. The second-order valence-corrected chi connectivity index (χ2v) is 7.38. The van der Waals surface area contributed by atoms with Crippen LogP contribution in [-0.2, 0) is 0 Å². The average Bonchev–Trinajstić information content (AvgIpc) is 3.11. The second-order valence-electron chi connectivity index (χ2n) is 6.35. The van der Waals surface area contributed by atoms with Gasteiger partial charge in [-0.3, -0.25) is 5.32 Å². The lowest BCUT2D eigenvalue weighted by Gasteiger charge is -2.05. The first-order valence-electron chi connectivity index (χ1n) is 8.89. The van der Waals surface area contributed by atoms with Crippen LogP contribution < -0.4 is 15.4 Å². The van der Waals surface area contributed by atoms with Gasteiger partial charge in [0.2, 0.25) is 0 Å². The molecule has 0 saturated carbocycles. The van der Waals surface area contributed by atoms with Gasteiger partial charge < -0.3 is 10.1 Å². The molecule has 0 saturated heterocycles. The largest absolute Gasteiger partial charge is 0.423 e. The fraction of sp³-hybridized carbons (Fsp3) is 0.0455. The Kier molecular flexibility index (Phi) is 5.22. The van der Waals surface area contributed by atoms with E-state index >= 15 is 0 Å². The first kappa shape index (κ1) is 18.6. The maximum Gasteiger partial charge on any atom is 0.343 e. The number of anilines is 2. The van der Waals surface area contributed by atoms with Crippen molar-refractivity contribution in [3.8, 4) is 5.75 Å². The molecule has 4 aromatic rings. The quantitative estimate of drug-likeness (QED) is 0.350.